The molecule has 0 nitrogen and oxygen atoms in total. The van der Waals surface area contributed by atoms with Crippen LogP contribution in [0.1, 0.15) is 53.9 Å². The molecule has 0 aromatic heterocycles. The second-order valence-corrected chi connectivity index (χ2v) is 4.84. The highest BCUT2D eigenvalue weighted by atomic mass is 14.5. The first kappa shape index (κ1) is 10.8. The van der Waals surface area contributed by atoms with Crippen LogP contribution in [-0.2, 0) is 0 Å². The molecule has 2 rings (SSSR count). The van der Waals surface area contributed by atoms with E-state index in [9.17, 15) is 0 Å². The van der Waals surface area contributed by atoms with Crippen LogP contribution in [0.25, 0.3) is 0 Å². The van der Waals surface area contributed by atoms with Gasteiger partial charge >= 0.3 is 0 Å². The number of hydrogen-bond donors (Lipinski definition) is 0. The lowest BCUT2D eigenvalue weighted by Crippen LogP contribution is -2.41. The van der Waals surface area contributed by atoms with E-state index in [-0.39, 0.29) is 0 Å². The second-order valence-electron chi connectivity index (χ2n) is 4.84. The molecule has 0 aliphatic heterocycles. The summed E-state index contributed by atoms with van der Waals surface area (Å²) in [4.78, 5) is 0. The van der Waals surface area contributed by atoms with Crippen LogP contribution in [0, 0.1) is 17.3 Å². The third-order valence-electron chi connectivity index (χ3n) is 3.73. The predicted octanol–water partition coefficient (Wildman–Crippen LogP) is 4.42. The number of allylic oxidation sites excluding steroid dienone is 2. The summed E-state index contributed by atoms with van der Waals surface area (Å²) in [6.45, 7) is 11.1. The maximum Gasteiger partial charge on any atom is -0.0151 e. The Balaban J connectivity index is 0.000000396. The van der Waals surface area contributed by atoms with Crippen molar-refractivity contribution in [1.29, 1.82) is 0 Å². The average molecular weight is 180 g/mol. The Morgan fingerprint density at radius 3 is 2.38 bits per heavy atom. The second kappa shape index (κ2) is 3.86. The molecule has 1 fully saturated rings. The standard InChI is InChI=1S/C11H18.C2H6/c1-8-6-9(2)10-4-5-11(10,3)7-8;1-2/h6,8,10H,4-5,7H2,1-3H3;1-2H3. The van der Waals surface area contributed by atoms with Crippen LogP contribution in [0.5, 0.6) is 0 Å². The monoisotopic (exact) mass is 180 g/mol. The highest BCUT2D eigenvalue weighted by Crippen LogP contribution is 2.56. The Kier molecular flexibility index (Phi) is 3.21. The number of hydrogen-bond acceptors (Lipinski definition) is 0. The van der Waals surface area contributed by atoms with Gasteiger partial charge in [0.2, 0.25) is 0 Å². The van der Waals surface area contributed by atoms with E-state index in [2.05, 4.69) is 26.8 Å². The minimum absolute atomic E-state index is 0.693. The minimum Gasteiger partial charge on any atom is -0.0824 e. The molecule has 3 atom stereocenters. The lowest BCUT2D eigenvalue weighted by atomic mass is 9.53. The number of rotatable bonds is 0. The van der Waals surface area contributed by atoms with Gasteiger partial charge in [0, 0.05) is 0 Å². The van der Waals surface area contributed by atoms with Crippen LogP contribution in [0.15, 0.2) is 11.6 Å². The molecule has 0 heteroatoms. The highest BCUT2D eigenvalue weighted by Gasteiger charge is 2.45. The predicted molar refractivity (Wildman–Crippen MR) is 59.7 cm³/mol. The molecule has 2 aliphatic carbocycles. The molecule has 1 saturated carbocycles. The molecular weight excluding hydrogens is 156 g/mol. The van der Waals surface area contributed by atoms with Crippen molar-refractivity contribution in [2.45, 2.75) is 53.9 Å². The minimum atomic E-state index is 0.693. The fourth-order valence-electron chi connectivity index (χ4n) is 3.16. The van der Waals surface area contributed by atoms with Gasteiger partial charge in [0.25, 0.3) is 0 Å². The van der Waals surface area contributed by atoms with Crippen LogP contribution in [0.2, 0.25) is 0 Å². The van der Waals surface area contributed by atoms with Crippen molar-refractivity contribution >= 4 is 0 Å². The molecule has 3 unspecified atom stereocenters. The van der Waals surface area contributed by atoms with Crippen LogP contribution in [0.4, 0.5) is 0 Å². The van der Waals surface area contributed by atoms with Gasteiger partial charge in [-0.05, 0) is 43.4 Å². The average Bonchev–Trinajstić information content (AvgIpc) is 2.03. The quantitative estimate of drug-likeness (QED) is 0.484. The molecule has 0 amide bonds. The van der Waals surface area contributed by atoms with E-state index in [1.165, 1.54) is 19.3 Å². The Bertz CT molecular complexity index is 202. The summed E-state index contributed by atoms with van der Waals surface area (Å²) >= 11 is 0. The van der Waals surface area contributed by atoms with E-state index in [0.29, 0.717) is 5.41 Å². The van der Waals surface area contributed by atoms with Crippen LogP contribution in [-0.4, -0.2) is 0 Å². The molecule has 0 saturated heterocycles. The summed E-state index contributed by atoms with van der Waals surface area (Å²) in [5.74, 6) is 1.77. The van der Waals surface area contributed by atoms with E-state index in [0.717, 1.165) is 11.8 Å². The van der Waals surface area contributed by atoms with Gasteiger partial charge in [-0.15, -0.1) is 0 Å². The molecule has 0 aromatic rings. The lowest BCUT2D eigenvalue weighted by molar-refractivity contribution is 0.0458. The van der Waals surface area contributed by atoms with E-state index in [1.54, 1.807) is 5.57 Å². The molecule has 0 heterocycles. The smallest absolute Gasteiger partial charge is 0.0151 e. The molecule has 0 bridgehead atoms. The highest BCUT2D eigenvalue weighted by molar-refractivity contribution is 5.19. The maximum absolute atomic E-state index is 2.48. The summed E-state index contributed by atoms with van der Waals surface area (Å²) in [5, 5.41) is 0. The normalized spacial score (nSPS) is 42.1. The van der Waals surface area contributed by atoms with Crippen molar-refractivity contribution < 1.29 is 0 Å². The molecule has 0 N–H and O–H groups in total. The van der Waals surface area contributed by atoms with Gasteiger partial charge in [-0.3, -0.25) is 0 Å². The molecule has 76 valence electrons. The molecule has 2 aliphatic rings. The first-order valence-electron chi connectivity index (χ1n) is 5.80. The fourth-order valence-corrected chi connectivity index (χ4v) is 3.16. The molecule has 0 spiro atoms. The van der Waals surface area contributed by atoms with Crippen LogP contribution < -0.4 is 0 Å². The molecule has 0 aromatic carbocycles. The van der Waals surface area contributed by atoms with E-state index < -0.39 is 0 Å². The largest absolute Gasteiger partial charge is 0.0824 e. The molecule has 13 heavy (non-hydrogen) atoms. The lowest BCUT2D eigenvalue weighted by Gasteiger charge is -2.52. The van der Waals surface area contributed by atoms with E-state index >= 15 is 0 Å². The van der Waals surface area contributed by atoms with Gasteiger partial charge in [-0.25, -0.2) is 0 Å². The van der Waals surface area contributed by atoms with Gasteiger partial charge in [0.1, 0.15) is 0 Å². The zero-order valence-electron chi connectivity index (χ0n) is 9.85. The topological polar surface area (TPSA) is 0 Å². The summed E-state index contributed by atoms with van der Waals surface area (Å²) in [6, 6.07) is 0. The maximum atomic E-state index is 2.48. The zero-order chi connectivity index (χ0) is 10.1. The van der Waals surface area contributed by atoms with Crippen molar-refractivity contribution in [1.82, 2.24) is 0 Å². The van der Waals surface area contributed by atoms with Crippen LogP contribution >= 0.6 is 0 Å². The van der Waals surface area contributed by atoms with Gasteiger partial charge in [-0.1, -0.05) is 39.3 Å². The number of fused-ring (bicyclic) bond motifs is 1. The molecular formula is C13H24. The summed E-state index contributed by atoms with van der Waals surface area (Å²) < 4.78 is 0. The van der Waals surface area contributed by atoms with E-state index in [4.69, 9.17) is 0 Å². The Labute approximate surface area is 83.4 Å². The summed E-state index contributed by atoms with van der Waals surface area (Å²) in [6.07, 6.45) is 6.82. The third-order valence-corrected chi connectivity index (χ3v) is 3.73. The van der Waals surface area contributed by atoms with Gasteiger partial charge in [0.15, 0.2) is 0 Å². The summed E-state index contributed by atoms with van der Waals surface area (Å²) in [5.41, 5.74) is 2.36. The van der Waals surface area contributed by atoms with Gasteiger partial charge in [-0.2, -0.15) is 0 Å². The molecule has 0 radical (unpaired) electrons. The Hall–Kier alpha value is -0.260. The van der Waals surface area contributed by atoms with Gasteiger partial charge < -0.3 is 0 Å². The van der Waals surface area contributed by atoms with Gasteiger partial charge in [0.05, 0.1) is 0 Å². The Morgan fingerprint density at radius 2 is 2.00 bits per heavy atom. The summed E-state index contributed by atoms with van der Waals surface area (Å²) in [7, 11) is 0. The zero-order valence-corrected chi connectivity index (χ0v) is 9.85. The Morgan fingerprint density at radius 1 is 1.38 bits per heavy atom. The first-order chi connectivity index (χ1) is 6.12. The van der Waals surface area contributed by atoms with Crippen molar-refractivity contribution in [2.75, 3.05) is 0 Å². The third kappa shape index (κ3) is 1.82. The first-order valence-corrected chi connectivity index (χ1v) is 5.80. The van der Waals surface area contributed by atoms with Crippen molar-refractivity contribution in [3.63, 3.8) is 0 Å². The SMILES string of the molecule is CC.CC1=CC(C)CC2(C)CCC12. The fraction of sp³-hybridized carbons (Fsp3) is 0.846. The van der Waals surface area contributed by atoms with Crippen molar-refractivity contribution in [3.05, 3.63) is 11.6 Å². The van der Waals surface area contributed by atoms with Crippen LogP contribution in [0.3, 0.4) is 0 Å². The van der Waals surface area contributed by atoms with E-state index in [1.807, 2.05) is 13.8 Å². The van der Waals surface area contributed by atoms with Crippen molar-refractivity contribution in [2.24, 2.45) is 17.3 Å². The van der Waals surface area contributed by atoms with Crippen molar-refractivity contribution in [3.8, 4) is 0 Å².